The first-order valence-corrected chi connectivity index (χ1v) is 14.2. The summed E-state index contributed by atoms with van der Waals surface area (Å²) in [6.45, 7) is 1.20. The molecule has 0 aromatic carbocycles. The second-order valence-corrected chi connectivity index (χ2v) is 21.3. The minimum absolute atomic E-state index is 0.274. The van der Waals surface area contributed by atoms with E-state index in [4.69, 9.17) is 0 Å². The molecule has 116 valence electrons. The van der Waals surface area contributed by atoms with Crippen molar-refractivity contribution in [1.29, 1.82) is 0 Å². The van der Waals surface area contributed by atoms with Crippen LogP contribution in [0, 0.1) is 0 Å². The van der Waals surface area contributed by atoms with Gasteiger partial charge in [0.2, 0.25) is 0 Å². The van der Waals surface area contributed by atoms with Crippen molar-refractivity contribution in [3.05, 3.63) is 0 Å². The standard InChI is InChI=1S/C6H11F9OSi3/c1-2-18(16)19(17)6(14,15)4(9,10)3(7,8)5(11,12)13/h16,18-19H,2H2,1,17H3. The van der Waals surface area contributed by atoms with E-state index < -0.39 is 49.7 Å². The molecule has 0 amide bonds. The van der Waals surface area contributed by atoms with E-state index in [-0.39, 0.29) is 6.04 Å². The molecule has 0 spiro atoms. The Labute approximate surface area is 108 Å². The van der Waals surface area contributed by atoms with Crippen molar-refractivity contribution < 1.29 is 44.3 Å². The van der Waals surface area contributed by atoms with Crippen LogP contribution in [0.3, 0.4) is 0 Å². The molecule has 0 heterocycles. The first-order valence-electron chi connectivity index (χ1n) is 5.02. The normalized spacial score (nSPS) is 18.5. The molecule has 19 heavy (non-hydrogen) atoms. The predicted octanol–water partition coefficient (Wildman–Crippen LogP) is 0.897. The van der Waals surface area contributed by atoms with Gasteiger partial charge in [0.25, 0.3) is 5.55 Å². The third-order valence-electron chi connectivity index (χ3n) is 2.74. The molecule has 0 aliphatic carbocycles. The molecular weight excluding hydrogens is 343 g/mol. The Morgan fingerprint density at radius 2 is 1.26 bits per heavy atom. The summed E-state index contributed by atoms with van der Waals surface area (Å²) in [6.07, 6.45) is -6.78. The van der Waals surface area contributed by atoms with Crippen LogP contribution in [0.1, 0.15) is 6.92 Å². The fourth-order valence-corrected chi connectivity index (χ4v) is 12.7. The van der Waals surface area contributed by atoms with Gasteiger partial charge in [-0.1, -0.05) is 6.92 Å². The zero-order chi connectivity index (χ0) is 15.9. The van der Waals surface area contributed by atoms with Crippen LogP contribution in [0.15, 0.2) is 0 Å². The van der Waals surface area contributed by atoms with Crippen LogP contribution in [0.4, 0.5) is 39.5 Å². The van der Waals surface area contributed by atoms with Crippen LogP contribution < -0.4 is 0 Å². The predicted molar refractivity (Wildman–Crippen MR) is 57.8 cm³/mol. The Kier molecular flexibility index (Phi) is 5.40. The lowest BCUT2D eigenvalue weighted by molar-refractivity contribution is -0.383. The molecule has 0 aromatic heterocycles. The van der Waals surface area contributed by atoms with Crippen molar-refractivity contribution in [3.63, 3.8) is 0 Å². The number of rotatable bonds is 5. The summed E-state index contributed by atoms with van der Waals surface area (Å²) in [6, 6.07) is -0.274. The number of hydrogen-bond acceptors (Lipinski definition) is 1. The van der Waals surface area contributed by atoms with Crippen LogP contribution in [0.5, 0.6) is 0 Å². The summed E-state index contributed by atoms with van der Waals surface area (Å²) in [4.78, 5) is 9.19. The van der Waals surface area contributed by atoms with Crippen LogP contribution in [0.25, 0.3) is 0 Å². The summed E-state index contributed by atoms with van der Waals surface area (Å²) < 4.78 is 113. The maximum absolute atomic E-state index is 13.3. The first kappa shape index (κ1) is 19.0. The molecule has 0 saturated heterocycles. The molecule has 1 nitrogen and oxygen atoms in total. The Morgan fingerprint density at radius 3 is 1.53 bits per heavy atom. The summed E-state index contributed by atoms with van der Waals surface area (Å²) in [5.74, 6) is -13.4. The maximum atomic E-state index is 13.3. The van der Waals surface area contributed by atoms with E-state index in [1.165, 1.54) is 6.92 Å². The van der Waals surface area contributed by atoms with Crippen molar-refractivity contribution in [2.24, 2.45) is 0 Å². The average molecular weight is 354 g/mol. The lowest BCUT2D eigenvalue weighted by Crippen LogP contribution is -2.69. The van der Waals surface area contributed by atoms with Crippen LogP contribution >= 0.6 is 0 Å². The number of alkyl halides is 9. The van der Waals surface area contributed by atoms with E-state index in [1.54, 1.807) is 0 Å². The fraction of sp³-hybridized carbons (Fsp3) is 1.00. The minimum atomic E-state index is -6.83. The highest BCUT2D eigenvalue weighted by Gasteiger charge is 2.82. The van der Waals surface area contributed by atoms with Gasteiger partial charge in [-0.2, -0.15) is 30.7 Å². The van der Waals surface area contributed by atoms with Crippen LogP contribution in [-0.4, -0.2) is 54.5 Å². The van der Waals surface area contributed by atoms with Gasteiger partial charge in [-0.25, -0.2) is 8.78 Å². The lowest BCUT2D eigenvalue weighted by atomic mass is 10.1. The van der Waals surface area contributed by atoms with Gasteiger partial charge in [-0.05, 0) is 6.04 Å². The van der Waals surface area contributed by atoms with E-state index in [9.17, 15) is 44.3 Å². The molecule has 0 radical (unpaired) electrons. The molecule has 2 atom stereocenters. The highest BCUT2D eigenvalue weighted by atomic mass is 29.6. The molecule has 0 bridgehead atoms. The van der Waals surface area contributed by atoms with Gasteiger partial charge in [0.05, 0.1) is 0 Å². The third kappa shape index (κ3) is 3.02. The van der Waals surface area contributed by atoms with Gasteiger partial charge in [0, 0.05) is 9.76 Å². The summed E-state index contributed by atoms with van der Waals surface area (Å²) >= 11 is 0. The Bertz CT molecular complexity index is 318. The molecule has 0 aliphatic rings. The monoisotopic (exact) mass is 354 g/mol. The molecule has 13 heteroatoms. The first-order chi connectivity index (χ1) is 8.14. The zero-order valence-corrected chi connectivity index (χ0v) is 14.0. The smallest absolute Gasteiger partial charge is 0.438 e. The van der Waals surface area contributed by atoms with Crippen LogP contribution in [-0.2, 0) is 0 Å². The van der Waals surface area contributed by atoms with E-state index in [1.807, 2.05) is 0 Å². The largest absolute Gasteiger partial charge is 0.460 e. The third-order valence-corrected chi connectivity index (χ3v) is 21.5. The van der Waals surface area contributed by atoms with Gasteiger partial charge in [0.15, 0.2) is 8.56 Å². The summed E-state index contributed by atoms with van der Waals surface area (Å²) in [5, 5.41) is 0. The van der Waals surface area contributed by atoms with Crippen LogP contribution in [0.2, 0.25) is 6.04 Å². The fourth-order valence-electron chi connectivity index (χ4n) is 1.27. The Balaban J connectivity index is 5.63. The van der Waals surface area contributed by atoms with Crippen molar-refractivity contribution >= 4 is 26.1 Å². The molecule has 0 rings (SSSR count). The van der Waals surface area contributed by atoms with Gasteiger partial charge >= 0.3 is 18.0 Å². The van der Waals surface area contributed by atoms with E-state index >= 15 is 0 Å². The van der Waals surface area contributed by atoms with Crippen molar-refractivity contribution in [2.45, 2.75) is 36.5 Å². The average Bonchev–Trinajstić information content (AvgIpc) is 2.24. The van der Waals surface area contributed by atoms with Gasteiger partial charge < -0.3 is 4.80 Å². The highest BCUT2D eigenvalue weighted by Crippen LogP contribution is 2.53. The molecule has 1 N–H and O–H groups in total. The molecule has 0 aliphatic heterocycles. The molecular formula is C6H11F9OSi3. The van der Waals surface area contributed by atoms with Gasteiger partial charge in [0.1, 0.15) is 7.83 Å². The molecule has 0 saturated carbocycles. The Morgan fingerprint density at radius 1 is 0.895 bits per heavy atom. The number of halogens is 9. The van der Waals surface area contributed by atoms with E-state index in [0.717, 1.165) is 0 Å². The van der Waals surface area contributed by atoms with Gasteiger partial charge in [-0.3, -0.25) is 0 Å². The van der Waals surface area contributed by atoms with E-state index in [2.05, 4.69) is 0 Å². The molecule has 0 fully saturated rings. The van der Waals surface area contributed by atoms with Crippen molar-refractivity contribution in [2.75, 3.05) is 0 Å². The summed E-state index contributed by atoms with van der Waals surface area (Å²) in [5.41, 5.74) is -5.47. The minimum Gasteiger partial charge on any atom is -0.438 e. The van der Waals surface area contributed by atoms with Gasteiger partial charge in [-0.15, -0.1) is 0 Å². The van der Waals surface area contributed by atoms with E-state index in [0.29, 0.717) is 0 Å². The summed E-state index contributed by atoms with van der Waals surface area (Å²) in [7, 11) is -8.08. The Hall–Kier alpha value is -0.0194. The lowest BCUT2D eigenvalue weighted by Gasteiger charge is -2.37. The second-order valence-electron chi connectivity index (χ2n) is 4.03. The second kappa shape index (κ2) is 5.40. The highest BCUT2D eigenvalue weighted by molar-refractivity contribution is 7.40. The quantitative estimate of drug-likeness (QED) is 0.575. The molecule has 2 unspecified atom stereocenters. The maximum Gasteiger partial charge on any atom is 0.460 e. The van der Waals surface area contributed by atoms with Crippen molar-refractivity contribution in [3.8, 4) is 0 Å². The SMILES string of the molecule is CC[SiH](O)[SiH]([SiH3])C(F)(F)C(F)(F)C(F)(F)C(F)(F)F. The van der Waals surface area contributed by atoms with Crippen molar-refractivity contribution in [1.82, 2.24) is 0 Å². The number of hydrogen-bond donors (Lipinski definition) is 1. The topological polar surface area (TPSA) is 20.2 Å². The molecule has 0 aromatic rings. The zero-order valence-electron chi connectivity index (χ0n) is 9.71.